The quantitative estimate of drug-likeness (QED) is 0.884. The molecular formula is C13H14F3NO. The summed E-state index contributed by atoms with van der Waals surface area (Å²) < 4.78 is 37.1. The SMILES string of the molecule is CC(NC(=O)C1CC1)c1ccc(C(F)(F)F)cc1. The van der Waals surface area contributed by atoms with Crippen LogP contribution in [0.3, 0.4) is 0 Å². The molecule has 1 amide bonds. The Morgan fingerprint density at radius 2 is 1.83 bits per heavy atom. The van der Waals surface area contributed by atoms with Crippen LogP contribution in [0.15, 0.2) is 24.3 Å². The normalized spacial score (nSPS) is 17.3. The molecule has 2 rings (SSSR count). The van der Waals surface area contributed by atoms with Crippen LogP contribution in [-0.4, -0.2) is 5.91 Å². The second-order valence-corrected chi connectivity index (χ2v) is 4.62. The smallest absolute Gasteiger partial charge is 0.349 e. The van der Waals surface area contributed by atoms with Crippen LogP contribution < -0.4 is 5.32 Å². The summed E-state index contributed by atoms with van der Waals surface area (Å²) in [5.74, 6) is 0.0873. The van der Waals surface area contributed by atoms with Crippen LogP contribution in [0.5, 0.6) is 0 Å². The third-order valence-corrected chi connectivity index (χ3v) is 3.04. The van der Waals surface area contributed by atoms with Crippen molar-refractivity contribution in [3.8, 4) is 0 Å². The minimum atomic E-state index is -4.32. The molecule has 0 aliphatic heterocycles. The van der Waals surface area contributed by atoms with E-state index in [0.717, 1.165) is 25.0 Å². The lowest BCUT2D eigenvalue weighted by molar-refractivity contribution is -0.137. The number of carbonyl (C=O) groups is 1. The maximum Gasteiger partial charge on any atom is 0.416 e. The van der Waals surface area contributed by atoms with Crippen molar-refractivity contribution in [2.24, 2.45) is 5.92 Å². The molecule has 1 saturated carbocycles. The predicted molar refractivity (Wildman–Crippen MR) is 60.7 cm³/mol. The maximum atomic E-state index is 12.4. The molecule has 98 valence electrons. The summed E-state index contributed by atoms with van der Waals surface area (Å²) in [6, 6.07) is 4.62. The highest BCUT2D eigenvalue weighted by Crippen LogP contribution is 2.31. The molecule has 1 aromatic carbocycles. The Kier molecular flexibility index (Phi) is 3.32. The van der Waals surface area contributed by atoms with Gasteiger partial charge in [-0.2, -0.15) is 13.2 Å². The molecule has 1 atom stereocenters. The van der Waals surface area contributed by atoms with E-state index >= 15 is 0 Å². The van der Waals surface area contributed by atoms with Gasteiger partial charge in [0.1, 0.15) is 0 Å². The number of benzene rings is 1. The Morgan fingerprint density at radius 1 is 1.28 bits per heavy atom. The monoisotopic (exact) mass is 257 g/mol. The Bertz CT molecular complexity index is 435. The first kappa shape index (κ1) is 12.9. The van der Waals surface area contributed by atoms with Crippen molar-refractivity contribution in [3.63, 3.8) is 0 Å². The van der Waals surface area contributed by atoms with E-state index in [-0.39, 0.29) is 17.9 Å². The summed E-state index contributed by atoms with van der Waals surface area (Å²) >= 11 is 0. The van der Waals surface area contributed by atoms with E-state index in [0.29, 0.717) is 5.56 Å². The Morgan fingerprint density at radius 3 is 2.28 bits per heavy atom. The molecule has 1 fully saturated rings. The van der Waals surface area contributed by atoms with Crippen molar-refractivity contribution in [3.05, 3.63) is 35.4 Å². The lowest BCUT2D eigenvalue weighted by Gasteiger charge is -2.15. The van der Waals surface area contributed by atoms with Gasteiger partial charge in [-0.05, 0) is 37.5 Å². The molecule has 18 heavy (non-hydrogen) atoms. The van der Waals surface area contributed by atoms with Crippen LogP contribution in [0.4, 0.5) is 13.2 Å². The number of carbonyl (C=O) groups excluding carboxylic acids is 1. The molecule has 1 N–H and O–H groups in total. The number of alkyl halides is 3. The third kappa shape index (κ3) is 3.03. The molecule has 0 spiro atoms. The molecule has 1 aliphatic rings. The van der Waals surface area contributed by atoms with Crippen LogP contribution in [0.1, 0.15) is 36.9 Å². The van der Waals surface area contributed by atoms with Gasteiger partial charge in [0.05, 0.1) is 11.6 Å². The summed E-state index contributed by atoms with van der Waals surface area (Å²) in [5, 5.41) is 2.80. The van der Waals surface area contributed by atoms with E-state index in [9.17, 15) is 18.0 Å². The summed E-state index contributed by atoms with van der Waals surface area (Å²) in [6.45, 7) is 1.77. The molecular weight excluding hydrogens is 243 g/mol. The van der Waals surface area contributed by atoms with Gasteiger partial charge in [0.25, 0.3) is 0 Å². The van der Waals surface area contributed by atoms with Crippen LogP contribution in [0, 0.1) is 5.92 Å². The molecule has 5 heteroatoms. The lowest BCUT2D eigenvalue weighted by atomic mass is 10.1. The first-order valence-corrected chi connectivity index (χ1v) is 5.85. The Labute approximate surface area is 103 Å². The lowest BCUT2D eigenvalue weighted by Crippen LogP contribution is -2.27. The predicted octanol–water partition coefficient (Wildman–Crippen LogP) is 3.29. The van der Waals surface area contributed by atoms with Crippen LogP contribution in [0.2, 0.25) is 0 Å². The van der Waals surface area contributed by atoms with Gasteiger partial charge in [-0.1, -0.05) is 12.1 Å². The van der Waals surface area contributed by atoms with E-state index in [4.69, 9.17) is 0 Å². The van der Waals surface area contributed by atoms with Crippen molar-refractivity contribution in [2.75, 3.05) is 0 Å². The van der Waals surface area contributed by atoms with Gasteiger partial charge >= 0.3 is 6.18 Å². The van der Waals surface area contributed by atoms with Crippen LogP contribution in [0.25, 0.3) is 0 Å². The second-order valence-electron chi connectivity index (χ2n) is 4.62. The Balaban J connectivity index is 2.02. The van der Waals surface area contributed by atoms with Gasteiger partial charge in [0.15, 0.2) is 0 Å². The summed E-state index contributed by atoms with van der Waals surface area (Å²) in [7, 11) is 0. The number of hydrogen-bond donors (Lipinski definition) is 1. The molecule has 0 bridgehead atoms. The maximum absolute atomic E-state index is 12.4. The molecule has 0 heterocycles. The minimum absolute atomic E-state index is 0.0117. The van der Waals surface area contributed by atoms with Crippen molar-refractivity contribution in [1.82, 2.24) is 5.32 Å². The van der Waals surface area contributed by atoms with Crippen molar-refractivity contribution < 1.29 is 18.0 Å². The molecule has 0 aromatic heterocycles. The summed E-state index contributed by atoms with van der Waals surface area (Å²) in [5.41, 5.74) is 0.00368. The molecule has 0 radical (unpaired) electrons. The molecule has 2 nitrogen and oxygen atoms in total. The van der Waals surface area contributed by atoms with Crippen molar-refractivity contribution in [1.29, 1.82) is 0 Å². The van der Waals surface area contributed by atoms with E-state index in [2.05, 4.69) is 5.32 Å². The first-order chi connectivity index (χ1) is 8.38. The topological polar surface area (TPSA) is 29.1 Å². The van der Waals surface area contributed by atoms with Gasteiger partial charge in [0, 0.05) is 5.92 Å². The number of rotatable bonds is 3. The van der Waals surface area contributed by atoms with E-state index < -0.39 is 11.7 Å². The average molecular weight is 257 g/mol. The van der Waals surface area contributed by atoms with E-state index in [1.165, 1.54) is 12.1 Å². The van der Waals surface area contributed by atoms with Crippen molar-refractivity contribution >= 4 is 5.91 Å². The first-order valence-electron chi connectivity index (χ1n) is 5.85. The molecule has 1 unspecified atom stereocenters. The fourth-order valence-electron chi connectivity index (χ4n) is 1.72. The number of halogens is 3. The van der Waals surface area contributed by atoms with Gasteiger partial charge in [-0.25, -0.2) is 0 Å². The van der Waals surface area contributed by atoms with Crippen LogP contribution >= 0.6 is 0 Å². The number of hydrogen-bond acceptors (Lipinski definition) is 1. The third-order valence-electron chi connectivity index (χ3n) is 3.04. The fourth-order valence-corrected chi connectivity index (χ4v) is 1.72. The number of amides is 1. The fraction of sp³-hybridized carbons (Fsp3) is 0.462. The zero-order valence-corrected chi connectivity index (χ0v) is 9.92. The van der Waals surface area contributed by atoms with Gasteiger partial charge in [0.2, 0.25) is 5.91 Å². The average Bonchev–Trinajstić information content (AvgIpc) is 3.11. The molecule has 1 aliphatic carbocycles. The van der Waals surface area contributed by atoms with Gasteiger partial charge in [-0.3, -0.25) is 4.79 Å². The van der Waals surface area contributed by atoms with Crippen molar-refractivity contribution in [2.45, 2.75) is 32.0 Å². The number of nitrogens with one attached hydrogen (secondary N) is 1. The highest BCUT2D eigenvalue weighted by molar-refractivity contribution is 5.81. The largest absolute Gasteiger partial charge is 0.416 e. The highest BCUT2D eigenvalue weighted by Gasteiger charge is 2.31. The minimum Gasteiger partial charge on any atom is -0.349 e. The summed E-state index contributed by atoms with van der Waals surface area (Å²) in [6.07, 6.45) is -2.50. The zero-order valence-electron chi connectivity index (χ0n) is 9.92. The Hall–Kier alpha value is -1.52. The van der Waals surface area contributed by atoms with E-state index in [1.54, 1.807) is 6.92 Å². The molecule has 0 saturated heterocycles. The second kappa shape index (κ2) is 4.63. The highest BCUT2D eigenvalue weighted by atomic mass is 19.4. The van der Waals surface area contributed by atoms with Gasteiger partial charge < -0.3 is 5.32 Å². The van der Waals surface area contributed by atoms with Crippen LogP contribution in [-0.2, 0) is 11.0 Å². The zero-order chi connectivity index (χ0) is 13.3. The summed E-state index contributed by atoms with van der Waals surface area (Å²) in [4.78, 5) is 11.5. The van der Waals surface area contributed by atoms with Gasteiger partial charge in [-0.15, -0.1) is 0 Å². The standard InChI is InChI=1S/C13H14F3NO/c1-8(17-12(18)10-2-3-10)9-4-6-11(7-5-9)13(14,15)16/h4-8,10H,2-3H2,1H3,(H,17,18). The van der Waals surface area contributed by atoms with E-state index in [1.807, 2.05) is 0 Å². The molecule has 1 aromatic rings.